The summed E-state index contributed by atoms with van der Waals surface area (Å²) in [6.45, 7) is 7.84. The highest BCUT2D eigenvalue weighted by Crippen LogP contribution is 2.25. The molecule has 7 heteroatoms. The van der Waals surface area contributed by atoms with Crippen molar-refractivity contribution in [3.63, 3.8) is 0 Å². The fraction of sp³-hybridized carbons (Fsp3) is 0.440. The fourth-order valence-electron chi connectivity index (χ4n) is 3.59. The van der Waals surface area contributed by atoms with Gasteiger partial charge in [0, 0.05) is 26.2 Å². The Labute approximate surface area is 189 Å². The zero-order valence-corrected chi connectivity index (χ0v) is 19.2. The van der Waals surface area contributed by atoms with Gasteiger partial charge in [-0.05, 0) is 42.7 Å². The van der Waals surface area contributed by atoms with Crippen LogP contribution < -0.4 is 14.2 Å². The number of nitrogens with zero attached hydrogens (tertiary/aromatic N) is 2. The van der Waals surface area contributed by atoms with Crippen LogP contribution in [-0.2, 0) is 9.59 Å². The first-order valence-corrected chi connectivity index (χ1v) is 11.0. The number of ether oxygens (including phenoxy) is 3. The summed E-state index contributed by atoms with van der Waals surface area (Å²) < 4.78 is 16.7. The first kappa shape index (κ1) is 23.4. The van der Waals surface area contributed by atoms with E-state index in [0.29, 0.717) is 49.3 Å². The summed E-state index contributed by atoms with van der Waals surface area (Å²) >= 11 is 0. The van der Waals surface area contributed by atoms with Crippen molar-refractivity contribution in [3.8, 4) is 17.2 Å². The molecule has 1 saturated heterocycles. The van der Waals surface area contributed by atoms with Gasteiger partial charge in [0.2, 0.25) is 0 Å². The number of hydrogen-bond acceptors (Lipinski definition) is 5. The number of para-hydroxylation sites is 2. The summed E-state index contributed by atoms with van der Waals surface area (Å²) in [5.74, 6) is 2.06. The van der Waals surface area contributed by atoms with E-state index in [9.17, 15) is 9.59 Å². The van der Waals surface area contributed by atoms with Crippen LogP contribution >= 0.6 is 0 Å². The minimum atomic E-state index is -0.587. The number of amides is 2. The second kappa shape index (κ2) is 10.9. The first-order chi connectivity index (χ1) is 15.4. The Bertz CT molecular complexity index is 905. The lowest BCUT2D eigenvalue weighted by Crippen LogP contribution is -2.54. The van der Waals surface area contributed by atoms with E-state index in [-0.39, 0.29) is 18.4 Å². The van der Waals surface area contributed by atoms with Gasteiger partial charge in [-0.3, -0.25) is 9.59 Å². The summed E-state index contributed by atoms with van der Waals surface area (Å²) in [7, 11) is 1.56. The van der Waals surface area contributed by atoms with Crippen LogP contribution in [0.1, 0.15) is 32.3 Å². The van der Waals surface area contributed by atoms with Crippen LogP contribution in [-0.4, -0.2) is 67.6 Å². The van der Waals surface area contributed by atoms with E-state index in [2.05, 4.69) is 13.8 Å². The third-order valence-corrected chi connectivity index (χ3v) is 5.57. The summed E-state index contributed by atoms with van der Waals surface area (Å²) in [4.78, 5) is 28.8. The predicted molar refractivity (Wildman–Crippen MR) is 122 cm³/mol. The molecule has 2 aromatic rings. The molecule has 2 aromatic carbocycles. The molecule has 0 spiro atoms. The third-order valence-electron chi connectivity index (χ3n) is 5.57. The third kappa shape index (κ3) is 5.93. The van der Waals surface area contributed by atoms with Crippen molar-refractivity contribution < 1.29 is 23.8 Å². The number of piperazine rings is 1. The van der Waals surface area contributed by atoms with E-state index in [1.54, 1.807) is 36.0 Å². The second-order valence-electron chi connectivity index (χ2n) is 8.13. The van der Waals surface area contributed by atoms with Gasteiger partial charge in [0.15, 0.2) is 24.2 Å². The van der Waals surface area contributed by atoms with Gasteiger partial charge in [-0.25, -0.2) is 0 Å². The smallest absolute Gasteiger partial charge is 0.263 e. The van der Waals surface area contributed by atoms with Crippen molar-refractivity contribution >= 4 is 11.8 Å². The lowest BCUT2D eigenvalue weighted by molar-refractivity contribution is -0.144. The number of methoxy groups -OCH3 is 1. The molecular formula is C25H32N2O5. The molecule has 0 N–H and O–H groups in total. The highest BCUT2D eigenvalue weighted by Gasteiger charge is 2.28. The lowest BCUT2D eigenvalue weighted by Gasteiger charge is -2.35. The normalized spacial score (nSPS) is 14.8. The maximum atomic E-state index is 12.8. The molecule has 172 valence electrons. The molecule has 1 unspecified atom stereocenters. The molecular weight excluding hydrogens is 408 g/mol. The van der Waals surface area contributed by atoms with Gasteiger partial charge < -0.3 is 24.0 Å². The molecule has 1 aliphatic heterocycles. The average molecular weight is 441 g/mol. The topological polar surface area (TPSA) is 68.3 Å². The molecule has 0 aliphatic carbocycles. The molecule has 1 atom stereocenters. The minimum absolute atomic E-state index is 0.0692. The maximum absolute atomic E-state index is 12.8. The van der Waals surface area contributed by atoms with E-state index in [4.69, 9.17) is 14.2 Å². The first-order valence-electron chi connectivity index (χ1n) is 11.0. The standard InChI is InChI=1S/C25H32N2O5/c1-18(2)20-9-11-21(12-10-20)32-19(3)25(29)27-15-13-26(14-16-27)24(28)17-31-23-8-6-5-7-22(23)30-4/h5-12,18-19H,13-17H2,1-4H3. The van der Waals surface area contributed by atoms with Crippen LogP contribution in [0.5, 0.6) is 17.2 Å². The molecule has 0 radical (unpaired) electrons. The average Bonchev–Trinajstić information content (AvgIpc) is 2.82. The number of benzene rings is 2. The molecule has 0 bridgehead atoms. The van der Waals surface area contributed by atoms with Gasteiger partial charge in [0.1, 0.15) is 5.75 Å². The van der Waals surface area contributed by atoms with Crippen molar-refractivity contribution in [1.82, 2.24) is 9.80 Å². The van der Waals surface area contributed by atoms with Crippen LogP contribution in [0.4, 0.5) is 0 Å². The zero-order valence-electron chi connectivity index (χ0n) is 19.2. The van der Waals surface area contributed by atoms with Gasteiger partial charge in [0.05, 0.1) is 7.11 Å². The van der Waals surface area contributed by atoms with E-state index in [1.165, 1.54) is 5.56 Å². The number of carbonyl (C=O) groups is 2. The molecule has 1 aliphatic rings. The zero-order chi connectivity index (χ0) is 23.1. The molecule has 2 amide bonds. The predicted octanol–water partition coefficient (Wildman–Crippen LogP) is 3.34. The van der Waals surface area contributed by atoms with Crippen molar-refractivity contribution in [2.24, 2.45) is 0 Å². The quantitative estimate of drug-likeness (QED) is 0.630. The number of carbonyl (C=O) groups excluding carboxylic acids is 2. The van der Waals surface area contributed by atoms with Crippen molar-refractivity contribution in [2.75, 3.05) is 39.9 Å². The van der Waals surface area contributed by atoms with Crippen LogP contribution in [0.3, 0.4) is 0 Å². The summed E-state index contributed by atoms with van der Waals surface area (Å²) in [5, 5.41) is 0. The highest BCUT2D eigenvalue weighted by atomic mass is 16.5. The Kier molecular flexibility index (Phi) is 7.98. The summed E-state index contributed by atoms with van der Waals surface area (Å²) in [5.41, 5.74) is 1.23. The molecule has 7 nitrogen and oxygen atoms in total. The molecule has 0 saturated carbocycles. The molecule has 32 heavy (non-hydrogen) atoms. The second-order valence-corrected chi connectivity index (χ2v) is 8.13. The summed E-state index contributed by atoms with van der Waals surface area (Å²) in [6, 6.07) is 15.1. The molecule has 0 aromatic heterocycles. The maximum Gasteiger partial charge on any atom is 0.263 e. The number of hydrogen-bond donors (Lipinski definition) is 0. The van der Waals surface area contributed by atoms with Gasteiger partial charge in [-0.15, -0.1) is 0 Å². The molecule has 1 fully saturated rings. The van der Waals surface area contributed by atoms with E-state index in [1.807, 2.05) is 36.4 Å². The van der Waals surface area contributed by atoms with Gasteiger partial charge in [-0.2, -0.15) is 0 Å². The number of rotatable bonds is 8. The Hall–Kier alpha value is -3.22. The monoisotopic (exact) mass is 440 g/mol. The lowest BCUT2D eigenvalue weighted by atomic mass is 10.0. The Morgan fingerprint density at radius 2 is 1.47 bits per heavy atom. The SMILES string of the molecule is COc1ccccc1OCC(=O)N1CCN(C(=O)C(C)Oc2ccc(C(C)C)cc2)CC1. The van der Waals surface area contributed by atoms with Crippen molar-refractivity contribution in [3.05, 3.63) is 54.1 Å². The van der Waals surface area contributed by atoms with Crippen LogP contribution in [0.25, 0.3) is 0 Å². The Morgan fingerprint density at radius 1 is 0.875 bits per heavy atom. The van der Waals surface area contributed by atoms with Gasteiger partial charge in [0.25, 0.3) is 11.8 Å². The highest BCUT2D eigenvalue weighted by molar-refractivity contribution is 5.82. The van der Waals surface area contributed by atoms with Crippen LogP contribution in [0, 0.1) is 0 Å². The van der Waals surface area contributed by atoms with Gasteiger partial charge in [-0.1, -0.05) is 38.1 Å². The molecule has 3 rings (SSSR count). The summed E-state index contributed by atoms with van der Waals surface area (Å²) in [6.07, 6.45) is -0.587. The van der Waals surface area contributed by atoms with E-state index >= 15 is 0 Å². The van der Waals surface area contributed by atoms with E-state index < -0.39 is 6.10 Å². The minimum Gasteiger partial charge on any atom is -0.493 e. The molecule has 1 heterocycles. The van der Waals surface area contributed by atoms with Crippen molar-refractivity contribution in [1.29, 1.82) is 0 Å². The van der Waals surface area contributed by atoms with Crippen LogP contribution in [0.2, 0.25) is 0 Å². The fourth-order valence-corrected chi connectivity index (χ4v) is 3.59. The largest absolute Gasteiger partial charge is 0.493 e. The van der Waals surface area contributed by atoms with Crippen LogP contribution in [0.15, 0.2) is 48.5 Å². The van der Waals surface area contributed by atoms with Gasteiger partial charge >= 0.3 is 0 Å². The Balaban J connectivity index is 1.45. The van der Waals surface area contributed by atoms with E-state index in [0.717, 1.165) is 0 Å². The van der Waals surface area contributed by atoms with Crippen molar-refractivity contribution in [2.45, 2.75) is 32.8 Å². The Morgan fingerprint density at radius 3 is 2.06 bits per heavy atom.